The maximum atomic E-state index is 13.1. The van der Waals surface area contributed by atoms with Crippen molar-refractivity contribution in [2.45, 2.75) is 18.9 Å². The Morgan fingerprint density at radius 2 is 1.92 bits per heavy atom. The molecule has 2 aromatic carbocycles. The molecule has 26 heavy (non-hydrogen) atoms. The predicted molar refractivity (Wildman–Crippen MR) is 98.5 cm³/mol. The van der Waals surface area contributed by atoms with Crippen LogP contribution in [0.3, 0.4) is 0 Å². The Morgan fingerprint density at radius 3 is 2.69 bits per heavy atom. The van der Waals surface area contributed by atoms with Crippen molar-refractivity contribution in [3.63, 3.8) is 0 Å². The standard InChI is InChI=1S/C21H19NO4/c1-25-16-10-8-14(9-11-16)18-6-4-12-22(18)20(23)17-13-15-5-2-3-7-19(15)26-21(17)24/h2-3,5,7-11,13,18H,4,6,12H2,1H3/t18-/m1/s1. The van der Waals surface area contributed by atoms with E-state index in [0.717, 1.165) is 29.5 Å². The quantitative estimate of drug-likeness (QED) is 0.675. The Bertz CT molecular complexity index is 1010. The van der Waals surface area contributed by atoms with Gasteiger partial charge in [0.15, 0.2) is 0 Å². The van der Waals surface area contributed by atoms with Crippen LogP contribution in [0, 0.1) is 0 Å². The fourth-order valence-corrected chi connectivity index (χ4v) is 3.55. The summed E-state index contributed by atoms with van der Waals surface area (Å²) in [4.78, 5) is 27.2. The maximum Gasteiger partial charge on any atom is 0.349 e. The molecular formula is C21H19NO4. The van der Waals surface area contributed by atoms with E-state index in [4.69, 9.17) is 9.15 Å². The highest BCUT2D eigenvalue weighted by Gasteiger charge is 2.32. The van der Waals surface area contributed by atoms with Gasteiger partial charge in [-0.25, -0.2) is 4.79 Å². The summed E-state index contributed by atoms with van der Waals surface area (Å²) < 4.78 is 10.5. The van der Waals surface area contributed by atoms with E-state index in [-0.39, 0.29) is 17.5 Å². The number of amides is 1. The van der Waals surface area contributed by atoms with Gasteiger partial charge in [-0.2, -0.15) is 0 Å². The summed E-state index contributed by atoms with van der Waals surface area (Å²) in [5.41, 5.74) is 1.03. The number of carbonyl (C=O) groups is 1. The predicted octanol–water partition coefficient (Wildman–Crippen LogP) is 3.78. The average Bonchev–Trinajstić information content (AvgIpc) is 3.17. The van der Waals surface area contributed by atoms with Crippen LogP contribution >= 0.6 is 0 Å². The Hall–Kier alpha value is -3.08. The number of nitrogens with zero attached hydrogens (tertiary/aromatic N) is 1. The number of carbonyl (C=O) groups excluding carboxylic acids is 1. The van der Waals surface area contributed by atoms with Crippen LogP contribution in [0.2, 0.25) is 0 Å². The first-order valence-electron chi connectivity index (χ1n) is 8.65. The van der Waals surface area contributed by atoms with Crippen molar-refractivity contribution >= 4 is 16.9 Å². The molecule has 5 nitrogen and oxygen atoms in total. The lowest BCUT2D eigenvalue weighted by molar-refractivity contribution is 0.0731. The van der Waals surface area contributed by atoms with Gasteiger partial charge in [-0.05, 0) is 42.7 Å². The number of likely N-dealkylation sites (tertiary alicyclic amines) is 1. The summed E-state index contributed by atoms with van der Waals surface area (Å²) in [6.07, 6.45) is 1.78. The molecule has 0 unspecified atom stereocenters. The van der Waals surface area contributed by atoms with Crippen molar-refractivity contribution in [2.24, 2.45) is 0 Å². The molecule has 3 aromatic rings. The molecule has 2 heterocycles. The van der Waals surface area contributed by atoms with E-state index in [2.05, 4.69) is 0 Å². The van der Waals surface area contributed by atoms with Gasteiger partial charge >= 0.3 is 5.63 Å². The zero-order valence-corrected chi connectivity index (χ0v) is 14.5. The van der Waals surface area contributed by atoms with Crippen LogP contribution in [0.25, 0.3) is 11.0 Å². The van der Waals surface area contributed by atoms with E-state index in [9.17, 15) is 9.59 Å². The van der Waals surface area contributed by atoms with Crippen LogP contribution in [-0.2, 0) is 0 Å². The summed E-state index contributed by atoms with van der Waals surface area (Å²) in [6, 6.07) is 16.5. The largest absolute Gasteiger partial charge is 0.497 e. The lowest BCUT2D eigenvalue weighted by atomic mass is 10.0. The van der Waals surface area contributed by atoms with Crippen LogP contribution in [0.4, 0.5) is 0 Å². The molecule has 4 rings (SSSR count). The molecule has 1 aliphatic rings. The zero-order valence-electron chi connectivity index (χ0n) is 14.5. The summed E-state index contributed by atoms with van der Waals surface area (Å²) in [6.45, 7) is 0.627. The Labute approximate surface area is 150 Å². The summed E-state index contributed by atoms with van der Waals surface area (Å²) in [5.74, 6) is 0.502. The van der Waals surface area contributed by atoms with E-state index in [1.54, 1.807) is 30.2 Å². The molecule has 0 radical (unpaired) electrons. The molecule has 0 aliphatic carbocycles. The Morgan fingerprint density at radius 1 is 1.15 bits per heavy atom. The second-order valence-electron chi connectivity index (χ2n) is 6.42. The third kappa shape index (κ3) is 2.86. The Kier molecular flexibility index (Phi) is 4.21. The van der Waals surface area contributed by atoms with E-state index in [0.29, 0.717) is 12.1 Å². The monoisotopic (exact) mass is 349 g/mol. The topological polar surface area (TPSA) is 59.8 Å². The minimum atomic E-state index is -0.589. The van der Waals surface area contributed by atoms with Gasteiger partial charge in [0.2, 0.25) is 0 Å². The van der Waals surface area contributed by atoms with Gasteiger partial charge in [-0.15, -0.1) is 0 Å². The molecule has 0 saturated carbocycles. The smallest absolute Gasteiger partial charge is 0.349 e. The third-order valence-corrected chi connectivity index (χ3v) is 4.89. The van der Waals surface area contributed by atoms with Gasteiger partial charge < -0.3 is 14.1 Å². The van der Waals surface area contributed by atoms with E-state index < -0.39 is 5.63 Å². The van der Waals surface area contributed by atoms with Gasteiger partial charge in [-0.1, -0.05) is 30.3 Å². The molecule has 0 bridgehead atoms. The highest BCUT2D eigenvalue weighted by atomic mass is 16.5. The fourth-order valence-electron chi connectivity index (χ4n) is 3.55. The van der Waals surface area contributed by atoms with Crippen molar-refractivity contribution < 1.29 is 13.9 Å². The van der Waals surface area contributed by atoms with Crippen molar-refractivity contribution in [1.29, 1.82) is 0 Å². The van der Waals surface area contributed by atoms with Gasteiger partial charge in [0.1, 0.15) is 16.9 Å². The van der Waals surface area contributed by atoms with Gasteiger partial charge in [0.05, 0.1) is 13.2 Å². The number of methoxy groups -OCH3 is 1. The summed E-state index contributed by atoms with van der Waals surface area (Å²) in [5, 5.41) is 0.746. The normalized spacial score (nSPS) is 16.8. The summed E-state index contributed by atoms with van der Waals surface area (Å²) >= 11 is 0. The molecule has 1 aliphatic heterocycles. The number of ether oxygens (including phenoxy) is 1. The van der Waals surface area contributed by atoms with E-state index >= 15 is 0 Å². The van der Waals surface area contributed by atoms with Crippen LogP contribution in [0.1, 0.15) is 34.8 Å². The van der Waals surface area contributed by atoms with Gasteiger partial charge in [0, 0.05) is 11.9 Å². The molecule has 132 valence electrons. The first kappa shape index (κ1) is 16.4. The minimum absolute atomic E-state index is 0.0423. The second kappa shape index (κ2) is 6.67. The number of rotatable bonds is 3. The third-order valence-electron chi connectivity index (χ3n) is 4.89. The van der Waals surface area contributed by atoms with Crippen molar-refractivity contribution in [3.05, 3.63) is 76.1 Å². The molecule has 5 heteroatoms. The lowest BCUT2D eigenvalue weighted by Gasteiger charge is -2.25. The molecule has 0 spiro atoms. The number of hydrogen-bond donors (Lipinski definition) is 0. The molecule has 1 atom stereocenters. The second-order valence-corrected chi connectivity index (χ2v) is 6.42. The number of hydrogen-bond acceptors (Lipinski definition) is 4. The van der Waals surface area contributed by atoms with Gasteiger partial charge in [-0.3, -0.25) is 4.79 Å². The van der Waals surface area contributed by atoms with E-state index in [1.807, 2.05) is 36.4 Å². The molecular weight excluding hydrogens is 330 g/mol. The highest BCUT2D eigenvalue weighted by molar-refractivity contribution is 5.97. The number of para-hydroxylation sites is 1. The van der Waals surface area contributed by atoms with Crippen LogP contribution in [0.5, 0.6) is 5.75 Å². The van der Waals surface area contributed by atoms with E-state index in [1.165, 1.54) is 0 Å². The summed E-state index contributed by atoms with van der Waals surface area (Å²) in [7, 11) is 1.62. The zero-order chi connectivity index (χ0) is 18.1. The number of fused-ring (bicyclic) bond motifs is 1. The Balaban J connectivity index is 1.68. The lowest BCUT2D eigenvalue weighted by Crippen LogP contribution is -2.33. The van der Waals surface area contributed by atoms with Crippen LogP contribution < -0.4 is 10.4 Å². The number of benzene rings is 2. The van der Waals surface area contributed by atoms with Crippen molar-refractivity contribution in [1.82, 2.24) is 4.90 Å². The fraction of sp³-hybridized carbons (Fsp3) is 0.238. The van der Waals surface area contributed by atoms with Crippen molar-refractivity contribution in [2.75, 3.05) is 13.7 Å². The SMILES string of the molecule is COc1ccc([C@H]2CCCN2C(=O)c2cc3ccccc3oc2=O)cc1. The van der Waals surface area contributed by atoms with Crippen molar-refractivity contribution in [3.8, 4) is 5.75 Å². The molecule has 0 N–H and O–H groups in total. The average molecular weight is 349 g/mol. The highest BCUT2D eigenvalue weighted by Crippen LogP contribution is 2.33. The molecule has 1 fully saturated rings. The van der Waals surface area contributed by atoms with Crippen LogP contribution in [0.15, 0.2) is 63.8 Å². The first-order chi connectivity index (χ1) is 12.7. The first-order valence-corrected chi connectivity index (χ1v) is 8.65. The van der Waals surface area contributed by atoms with Crippen LogP contribution in [-0.4, -0.2) is 24.5 Å². The maximum absolute atomic E-state index is 13.1. The molecule has 1 amide bonds. The molecule has 1 saturated heterocycles. The molecule has 1 aromatic heterocycles. The minimum Gasteiger partial charge on any atom is -0.497 e. The van der Waals surface area contributed by atoms with Gasteiger partial charge in [0.25, 0.3) is 5.91 Å².